The smallest absolute Gasteiger partial charge is 0.266 e. The van der Waals surface area contributed by atoms with Crippen molar-refractivity contribution in [3.63, 3.8) is 0 Å². The van der Waals surface area contributed by atoms with Crippen molar-refractivity contribution in [3.05, 3.63) is 112 Å². The van der Waals surface area contributed by atoms with Gasteiger partial charge in [0.05, 0.1) is 15.7 Å². The van der Waals surface area contributed by atoms with Crippen molar-refractivity contribution in [2.24, 2.45) is 0 Å². The Morgan fingerprint density at radius 2 is 1.64 bits per heavy atom. The van der Waals surface area contributed by atoms with Gasteiger partial charge in [0.15, 0.2) is 0 Å². The summed E-state index contributed by atoms with van der Waals surface area (Å²) in [4.78, 5) is 12.6. The molecule has 0 aliphatic carbocycles. The minimum Gasteiger partial charge on any atom is -0.489 e. The number of anilines is 1. The lowest BCUT2D eigenvalue weighted by Gasteiger charge is -2.10. The summed E-state index contributed by atoms with van der Waals surface area (Å²) in [6.45, 7) is 0.394. The van der Waals surface area contributed by atoms with E-state index < -0.39 is 5.91 Å². The second kappa shape index (κ2) is 10.2. The van der Waals surface area contributed by atoms with Gasteiger partial charge in [0.1, 0.15) is 24.0 Å². The number of carbonyl (C=O) groups is 1. The molecule has 4 aromatic carbocycles. The van der Waals surface area contributed by atoms with Crippen molar-refractivity contribution in [3.8, 4) is 11.8 Å². The van der Waals surface area contributed by atoms with Gasteiger partial charge >= 0.3 is 0 Å². The van der Waals surface area contributed by atoms with E-state index in [1.165, 1.54) is 6.08 Å². The van der Waals surface area contributed by atoms with Crippen LogP contribution in [0.15, 0.2) is 90.5 Å². The fourth-order valence-electron chi connectivity index (χ4n) is 3.39. The van der Waals surface area contributed by atoms with Crippen LogP contribution in [0.1, 0.15) is 11.1 Å². The predicted molar refractivity (Wildman–Crippen MR) is 133 cm³/mol. The van der Waals surface area contributed by atoms with Gasteiger partial charge in [-0.1, -0.05) is 83.9 Å². The lowest BCUT2D eigenvalue weighted by atomic mass is 10.1. The van der Waals surface area contributed by atoms with Gasteiger partial charge in [-0.05, 0) is 52.2 Å². The molecule has 0 radical (unpaired) electrons. The van der Waals surface area contributed by atoms with E-state index >= 15 is 0 Å². The third-order valence-electron chi connectivity index (χ3n) is 5.01. The summed E-state index contributed by atoms with van der Waals surface area (Å²) < 4.78 is 6.00. The number of hydrogen-bond acceptors (Lipinski definition) is 3. The average molecular weight is 473 g/mol. The Hall–Kier alpha value is -3.78. The average Bonchev–Trinajstić information content (AvgIpc) is 2.83. The maximum Gasteiger partial charge on any atom is 0.266 e. The van der Waals surface area contributed by atoms with Gasteiger partial charge in [-0.15, -0.1) is 0 Å². The molecule has 0 atom stereocenters. The SMILES string of the molecule is N#C/C(=C\c1cccc(OCc2cccc3ccccc23)c1)C(=O)Nc1c(Cl)cccc1Cl. The van der Waals surface area contributed by atoms with Gasteiger partial charge in [0, 0.05) is 0 Å². The Morgan fingerprint density at radius 3 is 2.42 bits per heavy atom. The second-order valence-corrected chi connectivity index (χ2v) is 8.03. The first-order valence-electron chi connectivity index (χ1n) is 10.1. The number of fused-ring (bicyclic) bond motifs is 1. The maximum absolute atomic E-state index is 12.6. The van der Waals surface area contributed by atoms with Crippen molar-refractivity contribution in [1.29, 1.82) is 5.26 Å². The van der Waals surface area contributed by atoms with Crippen LogP contribution >= 0.6 is 23.2 Å². The highest BCUT2D eigenvalue weighted by Gasteiger charge is 2.14. The standard InChI is InChI=1S/C27H18Cl2N2O2/c28-24-12-5-13-25(29)26(24)31-27(32)21(16-30)14-18-6-3-10-22(15-18)33-17-20-9-4-8-19-7-1-2-11-23(19)20/h1-15H,17H2,(H,31,32)/b21-14+. The fraction of sp³-hybridized carbons (Fsp3) is 0.0370. The van der Waals surface area contributed by atoms with E-state index in [0.717, 1.165) is 16.3 Å². The first-order valence-corrected chi connectivity index (χ1v) is 10.9. The fourth-order valence-corrected chi connectivity index (χ4v) is 3.88. The largest absolute Gasteiger partial charge is 0.489 e. The lowest BCUT2D eigenvalue weighted by Crippen LogP contribution is -2.14. The number of nitrogens with one attached hydrogen (secondary N) is 1. The Morgan fingerprint density at radius 1 is 0.939 bits per heavy atom. The lowest BCUT2D eigenvalue weighted by molar-refractivity contribution is -0.112. The van der Waals surface area contributed by atoms with Crippen molar-refractivity contribution in [2.45, 2.75) is 6.61 Å². The van der Waals surface area contributed by atoms with Crippen LogP contribution in [-0.2, 0) is 11.4 Å². The maximum atomic E-state index is 12.6. The molecule has 0 saturated carbocycles. The van der Waals surface area contributed by atoms with Crippen molar-refractivity contribution in [1.82, 2.24) is 0 Å². The van der Waals surface area contributed by atoms with Gasteiger partial charge in [-0.25, -0.2) is 0 Å². The summed E-state index contributed by atoms with van der Waals surface area (Å²) in [6.07, 6.45) is 1.49. The molecule has 162 valence electrons. The van der Waals surface area contributed by atoms with Gasteiger partial charge in [0.25, 0.3) is 5.91 Å². The Balaban J connectivity index is 1.51. The molecular weight excluding hydrogens is 455 g/mol. The number of ether oxygens (including phenoxy) is 1. The number of rotatable bonds is 6. The number of hydrogen-bond donors (Lipinski definition) is 1. The highest BCUT2D eigenvalue weighted by atomic mass is 35.5. The van der Waals surface area contributed by atoms with Gasteiger partial charge in [-0.2, -0.15) is 5.26 Å². The Labute approximate surface area is 201 Å². The van der Waals surface area contributed by atoms with Gasteiger partial charge < -0.3 is 10.1 Å². The highest BCUT2D eigenvalue weighted by Crippen LogP contribution is 2.30. The molecule has 0 aliphatic heterocycles. The molecule has 0 aromatic heterocycles. The summed E-state index contributed by atoms with van der Waals surface area (Å²) >= 11 is 12.2. The normalized spacial score (nSPS) is 11.1. The van der Waals surface area contributed by atoms with Crippen LogP contribution in [-0.4, -0.2) is 5.91 Å². The zero-order chi connectivity index (χ0) is 23.2. The molecule has 4 rings (SSSR count). The van der Waals surface area contributed by atoms with Crippen molar-refractivity contribution in [2.75, 3.05) is 5.32 Å². The molecule has 0 bridgehead atoms. The third-order valence-corrected chi connectivity index (χ3v) is 5.64. The minimum absolute atomic E-state index is 0.0859. The molecule has 33 heavy (non-hydrogen) atoms. The molecule has 0 fully saturated rings. The van der Waals surface area contributed by atoms with Crippen molar-refractivity contribution < 1.29 is 9.53 Å². The summed E-state index contributed by atoms with van der Waals surface area (Å²) in [7, 11) is 0. The van der Waals surface area contributed by atoms with Crippen LogP contribution in [0, 0.1) is 11.3 Å². The van der Waals surface area contributed by atoms with E-state index in [4.69, 9.17) is 27.9 Å². The van der Waals surface area contributed by atoms with Crippen LogP contribution in [0.25, 0.3) is 16.8 Å². The minimum atomic E-state index is -0.602. The van der Waals surface area contributed by atoms with Gasteiger partial charge in [0.2, 0.25) is 0 Å². The zero-order valence-corrected chi connectivity index (χ0v) is 18.9. The molecule has 0 heterocycles. The quantitative estimate of drug-likeness (QED) is 0.237. The summed E-state index contributed by atoms with van der Waals surface area (Å²) in [5, 5.41) is 15.0. The van der Waals surface area contributed by atoms with E-state index in [2.05, 4.69) is 23.5 Å². The number of amides is 1. The summed E-state index contributed by atoms with van der Waals surface area (Å²) in [5.41, 5.74) is 1.90. The molecule has 0 unspecified atom stereocenters. The first kappa shape index (κ1) is 22.4. The topological polar surface area (TPSA) is 62.1 Å². The monoisotopic (exact) mass is 472 g/mol. The number of nitriles is 1. The molecule has 1 N–H and O–H groups in total. The Bertz CT molecular complexity index is 1380. The molecule has 0 aliphatic rings. The number of para-hydroxylation sites is 1. The van der Waals surface area contributed by atoms with E-state index in [-0.39, 0.29) is 21.3 Å². The van der Waals surface area contributed by atoms with Crippen LogP contribution in [0.2, 0.25) is 10.0 Å². The number of halogens is 2. The molecule has 0 saturated heterocycles. The van der Waals surface area contributed by atoms with Crippen LogP contribution < -0.4 is 10.1 Å². The van der Waals surface area contributed by atoms with Crippen LogP contribution in [0.3, 0.4) is 0 Å². The van der Waals surface area contributed by atoms with E-state index in [0.29, 0.717) is 17.9 Å². The molecule has 4 nitrogen and oxygen atoms in total. The molecule has 6 heteroatoms. The predicted octanol–water partition coefficient (Wildman–Crippen LogP) is 7.27. The molecule has 4 aromatic rings. The second-order valence-electron chi connectivity index (χ2n) is 7.22. The molecular formula is C27H18Cl2N2O2. The van der Waals surface area contributed by atoms with E-state index in [1.807, 2.05) is 42.5 Å². The number of benzene rings is 4. The summed E-state index contributed by atoms with van der Waals surface area (Å²) in [5.74, 6) is 0.0260. The van der Waals surface area contributed by atoms with Crippen LogP contribution in [0.4, 0.5) is 5.69 Å². The van der Waals surface area contributed by atoms with Crippen molar-refractivity contribution >= 4 is 51.6 Å². The van der Waals surface area contributed by atoms with Gasteiger partial charge in [-0.3, -0.25) is 4.79 Å². The zero-order valence-electron chi connectivity index (χ0n) is 17.4. The summed E-state index contributed by atoms with van der Waals surface area (Å²) in [6, 6.07) is 28.3. The van der Waals surface area contributed by atoms with E-state index in [1.54, 1.807) is 30.3 Å². The molecule has 1 amide bonds. The molecule has 0 spiro atoms. The Kier molecular flexibility index (Phi) is 6.95. The number of carbonyl (C=O) groups excluding carboxylic acids is 1. The van der Waals surface area contributed by atoms with E-state index in [9.17, 15) is 10.1 Å². The third kappa shape index (κ3) is 5.35. The highest BCUT2D eigenvalue weighted by molar-refractivity contribution is 6.40. The first-order chi connectivity index (χ1) is 16.0. The van der Waals surface area contributed by atoms with Crippen LogP contribution in [0.5, 0.6) is 5.75 Å². The number of nitrogens with zero attached hydrogens (tertiary/aromatic N) is 1.